The van der Waals surface area contributed by atoms with Crippen LogP contribution in [0, 0.1) is 0 Å². The molecule has 1 aliphatic rings. The van der Waals surface area contributed by atoms with Gasteiger partial charge in [-0.3, -0.25) is 9.59 Å². The van der Waals surface area contributed by atoms with Gasteiger partial charge in [0.2, 0.25) is 5.91 Å². The lowest BCUT2D eigenvalue weighted by Crippen LogP contribution is -2.41. The normalized spacial score (nSPS) is 14.3. The van der Waals surface area contributed by atoms with E-state index in [0.717, 1.165) is 25.9 Å². The lowest BCUT2D eigenvalue weighted by Gasteiger charge is -2.26. The molecule has 1 amide bonds. The molecule has 1 saturated heterocycles. The number of amides is 1. The van der Waals surface area contributed by atoms with Crippen LogP contribution >= 0.6 is 0 Å². The van der Waals surface area contributed by atoms with Crippen molar-refractivity contribution >= 4 is 23.3 Å². The molecule has 20 heavy (non-hydrogen) atoms. The SMILES string of the molecule is Nc1ccccc1N(CC(=O)O)CC(=O)N1CCCC1. The smallest absolute Gasteiger partial charge is 0.323 e. The van der Waals surface area contributed by atoms with E-state index < -0.39 is 5.97 Å². The minimum atomic E-state index is -0.984. The lowest BCUT2D eigenvalue weighted by atomic mass is 10.2. The van der Waals surface area contributed by atoms with Crippen LogP contribution in [0.3, 0.4) is 0 Å². The second-order valence-electron chi connectivity index (χ2n) is 4.90. The van der Waals surface area contributed by atoms with Gasteiger partial charge < -0.3 is 20.6 Å². The lowest BCUT2D eigenvalue weighted by molar-refractivity contribution is -0.135. The number of benzene rings is 1. The van der Waals surface area contributed by atoms with Gasteiger partial charge in [0.05, 0.1) is 17.9 Å². The zero-order chi connectivity index (χ0) is 14.5. The monoisotopic (exact) mass is 277 g/mol. The van der Waals surface area contributed by atoms with Crippen molar-refractivity contribution in [2.24, 2.45) is 0 Å². The van der Waals surface area contributed by atoms with Crippen LogP contribution in [0.2, 0.25) is 0 Å². The number of nitrogens with two attached hydrogens (primary N) is 1. The molecule has 108 valence electrons. The molecule has 1 aliphatic heterocycles. The Morgan fingerprint density at radius 2 is 1.85 bits per heavy atom. The molecule has 1 aromatic rings. The largest absolute Gasteiger partial charge is 0.480 e. The number of anilines is 2. The summed E-state index contributed by atoms with van der Waals surface area (Å²) < 4.78 is 0. The molecule has 0 aliphatic carbocycles. The molecule has 0 saturated carbocycles. The first-order valence-electron chi connectivity index (χ1n) is 6.67. The number of nitrogens with zero attached hydrogens (tertiary/aromatic N) is 2. The number of hydrogen-bond acceptors (Lipinski definition) is 4. The fourth-order valence-corrected chi connectivity index (χ4v) is 2.39. The molecule has 6 nitrogen and oxygen atoms in total. The number of rotatable bonds is 5. The third-order valence-corrected chi connectivity index (χ3v) is 3.39. The fourth-order valence-electron chi connectivity index (χ4n) is 2.39. The maximum absolute atomic E-state index is 12.2. The van der Waals surface area contributed by atoms with Crippen LogP contribution in [0.1, 0.15) is 12.8 Å². The van der Waals surface area contributed by atoms with Crippen molar-refractivity contribution in [2.45, 2.75) is 12.8 Å². The molecule has 2 rings (SSSR count). The van der Waals surface area contributed by atoms with Gasteiger partial charge in [-0.25, -0.2) is 0 Å². The molecule has 1 heterocycles. The number of para-hydroxylation sites is 2. The van der Waals surface area contributed by atoms with E-state index in [1.54, 1.807) is 29.2 Å². The number of carboxylic acids is 1. The average molecular weight is 277 g/mol. The van der Waals surface area contributed by atoms with Gasteiger partial charge in [0.1, 0.15) is 6.54 Å². The van der Waals surface area contributed by atoms with E-state index in [1.807, 2.05) is 0 Å². The van der Waals surface area contributed by atoms with Crippen molar-refractivity contribution in [3.05, 3.63) is 24.3 Å². The molecule has 0 unspecified atom stereocenters. The van der Waals surface area contributed by atoms with E-state index in [2.05, 4.69) is 0 Å². The molecule has 0 bridgehead atoms. The van der Waals surface area contributed by atoms with Crippen molar-refractivity contribution in [3.8, 4) is 0 Å². The Hall–Kier alpha value is -2.24. The summed E-state index contributed by atoms with van der Waals surface area (Å²) >= 11 is 0. The minimum absolute atomic E-state index is 0.0422. The van der Waals surface area contributed by atoms with Crippen molar-refractivity contribution in [1.82, 2.24) is 4.90 Å². The highest BCUT2D eigenvalue weighted by atomic mass is 16.4. The van der Waals surface area contributed by atoms with Crippen LogP contribution < -0.4 is 10.6 Å². The Bertz CT molecular complexity index is 498. The standard InChI is InChI=1S/C14H19N3O3/c15-11-5-1-2-6-12(11)17(10-14(19)20)9-13(18)16-7-3-4-8-16/h1-2,5-6H,3-4,7-10,15H2,(H,19,20). The molecule has 0 radical (unpaired) electrons. The van der Waals surface area contributed by atoms with Gasteiger partial charge in [-0.1, -0.05) is 12.1 Å². The van der Waals surface area contributed by atoms with E-state index in [9.17, 15) is 9.59 Å². The number of aliphatic carboxylic acids is 1. The van der Waals surface area contributed by atoms with E-state index in [0.29, 0.717) is 11.4 Å². The first-order valence-corrected chi connectivity index (χ1v) is 6.67. The Kier molecular flexibility index (Phi) is 4.45. The van der Waals surface area contributed by atoms with Crippen molar-refractivity contribution in [2.75, 3.05) is 36.8 Å². The van der Waals surface area contributed by atoms with Crippen molar-refractivity contribution in [3.63, 3.8) is 0 Å². The van der Waals surface area contributed by atoms with Gasteiger partial charge in [0.25, 0.3) is 0 Å². The van der Waals surface area contributed by atoms with Gasteiger partial charge in [0, 0.05) is 13.1 Å². The number of hydrogen-bond donors (Lipinski definition) is 2. The van der Waals surface area contributed by atoms with Crippen LogP contribution in [-0.2, 0) is 9.59 Å². The van der Waals surface area contributed by atoms with E-state index >= 15 is 0 Å². The minimum Gasteiger partial charge on any atom is -0.480 e. The third-order valence-electron chi connectivity index (χ3n) is 3.39. The quantitative estimate of drug-likeness (QED) is 0.777. The highest BCUT2D eigenvalue weighted by Gasteiger charge is 2.22. The second-order valence-corrected chi connectivity index (χ2v) is 4.90. The molecular weight excluding hydrogens is 258 g/mol. The molecular formula is C14H19N3O3. The van der Waals surface area contributed by atoms with Crippen LogP contribution in [0.25, 0.3) is 0 Å². The Balaban J connectivity index is 2.13. The number of carbonyl (C=O) groups excluding carboxylic acids is 1. The molecule has 1 fully saturated rings. The maximum atomic E-state index is 12.2. The predicted molar refractivity (Wildman–Crippen MR) is 76.5 cm³/mol. The van der Waals surface area contributed by atoms with Gasteiger partial charge >= 0.3 is 5.97 Å². The van der Waals surface area contributed by atoms with Crippen LogP contribution in [0.15, 0.2) is 24.3 Å². The molecule has 0 aromatic heterocycles. The summed E-state index contributed by atoms with van der Waals surface area (Å²) in [5.74, 6) is -1.03. The Morgan fingerprint density at radius 1 is 1.20 bits per heavy atom. The number of likely N-dealkylation sites (tertiary alicyclic amines) is 1. The summed E-state index contributed by atoms with van der Waals surface area (Å²) in [6, 6.07) is 6.99. The highest BCUT2D eigenvalue weighted by molar-refractivity contribution is 5.86. The Morgan fingerprint density at radius 3 is 2.45 bits per heavy atom. The summed E-state index contributed by atoms with van der Waals surface area (Å²) in [7, 11) is 0. The van der Waals surface area contributed by atoms with Crippen molar-refractivity contribution < 1.29 is 14.7 Å². The molecule has 3 N–H and O–H groups in total. The molecule has 6 heteroatoms. The Labute approximate surface area is 117 Å². The summed E-state index contributed by atoms with van der Waals surface area (Å²) in [6.45, 7) is 1.31. The van der Waals surface area contributed by atoms with Gasteiger partial charge in [0.15, 0.2) is 0 Å². The summed E-state index contributed by atoms with van der Waals surface area (Å²) in [5, 5.41) is 9.01. The van der Waals surface area contributed by atoms with E-state index in [-0.39, 0.29) is 19.0 Å². The topological polar surface area (TPSA) is 86.9 Å². The predicted octanol–water partition coefficient (Wildman–Crippen LogP) is 0.782. The number of carbonyl (C=O) groups is 2. The first kappa shape index (κ1) is 14.2. The maximum Gasteiger partial charge on any atom is 0.323 e. The average Bonchev–Trinajstić information content (AvgIpc) is 2.92. The fraction of sp³-hybridized carbons (Fsp3) is 0.429. The van der Waals surface area contributed by atoms with Gasteiger partial charge in [-0.15, -0.1) is 0 Å². The van der Waals surface area contributed by atoms with Crippen LogP contribution in [0.4, 0.5) is 11.4 Å². The van der Waals surface area contributed by atoms with Crippen LogP contribution in [0.5, 0.6) is 0 Å². The van der Waals surface area contributed by atoms with E-state index in [4.69, 9.17) is 10.8 Å². The number of carboxylic acid groups (broad SMARTS) is 1. The zero-order valence-electron chi connectivity index (χ0n) is 11.3. The van der Waals surface area contributed by atoms with Gasteiger partial charge in [-0.2, -0.15) is 0 Å². The summed E-state index contributed by atoms with van der Waals surface area (Å²) in [6.07, 6.45) is 2.02. The summed E-state index contributed by atoms with van der Waals surface area (Å²) in [4.78, 5) is 26.4. The number of nitrogen functional groups attached to an aromatic ring is 1. The first-order chi connectivity index (χ1) is 9.58. The zero-order valence-corrected chi connectivity index (χ0v) is 11.3. The molecule has 0 spiro atoms. The molecule has 0 atom stereocenters. The second kappa shape index (κ2) is 6.27. The third kappa shape index (κ3) is 3.40. The highest BCUT2D eigenvalue weighted by Crippen LogP contribution is 2.22. The van der Waals surface area contributed by atoms with Gasteiger partial charge in [-0.05, 0) is 25.0 Å². The van der Waals surface area contributed by atoms with Crippen LogP contribution in [-0.4, -0.2) is 48.1 Å². The van der Waals surface area contributed by atoms with E-state index in [1.165, 1.54) is 4.90 Å². The summed E-state index contributed by atoms with van der Waals surface area (Å²) in [5.41, 5.74) is 6.93. The molecule has 1 aromatic carbocycles. The van der Waals surface area contributed by atoms with Crippen molar-refractivity contribution in [1.29, 1.82) is 0 Å².